The van der Waals surface area contributed by atoms with Crippen LogP contribution in [0.4, 0.5) is 11.4 Å². The van der Waals surface area contributed by atoms with Crippen molar-refractivity contribution in [1.29, 1.82) is 0 Å². The second kappa shape index (κ2) is 6.10. The van der Waals surface area contributed by atoms with Crippen LogP contribution in [0, 0.1) is 12.1 Å². The van der Waals surface area contributed by atoms with E-state index in [-0.39, 0.29) is 0 Å². The van der Waals surface area contributed by atoms with Gasteiger partial charge in [-0.1, -0.05) is 11.6 Å². The molecule has 0 saturated heterocycles. The predicted molar refractivity (Wildman–Crippen MR) is 75.0 cm³/mol. The highest BCUT2D eigenvalue weighted by Gasteiger charge is 2.08. The summed E-state index contributed by atoms with van der Waals surface area (Å²) in [7, 11) is 5.98. The lowest BCUT2D eigenvalue weighted by molar-refractivity contribution is 0.416. The monoisotopic (exact) mass is 256 g/mol. The number of hydrogen-bond acceptors (Lipinski definition) is 4. The molecule has 0 aromatic heterocycles. The average Bonchev–Trinajstić information content (AvgIpc) is 2.28. The Bertz CT molecular complexity index is 382. The highest BCUT2D eigenvalue weighted by Crippen LogP contribution is 2.31. The second-order valence-corrected chi connectivity index (χ2v) is 4.85. The zero-order valence-electron chi connectivity index (χ0n) is 10.7. The Morgan fingerprint density at radius 2 is 1.88 bits per heavy atom. The molecule has 96 valence electrons. The van der Waals surface area contributed by atoms with Gasteiger partial charge in [-0.15, -0.1) is 0 Å². The Balaban J connectivity index is 2.91. The number of likely N-dealkylation sites (N-methyl/N-ethyl adjacent to an activating group) is 2. The van der Waals surface area contributed by atoms with E-state index >= 15 is 0 Å². The number of nitrogens with zero attached hydrogens (tertiary/aromatic N) is 2. The number of aryl methyl sites for hydroxylation is 1. The zero-order chi connectivity index (χ0) is 13.0. The highest BCUT2D eigenvalue weighted by molar-refractivity contribution is 6.31. The van der Waals surface area contributed by atoms with E-state index in [1.165, 1.54) is 0 Å². The summed E-state index contributed by atoms with van der Waals surface area (Å²) in [6, 6.07) is 3.60. The van der Waals surface area contributed by atoms with Crippen LogP contribution in [0.25, 0.3) is 0 Å². The lowest BCUT2D eigenvalue weighted by Gasteiger charge is -2.26. The van der Waals surface area contributed by atoms with Crippen LogP contribution in [0.3, 0.4) is 0 Å². The first-order valence-corrected chi connectivity index (χ1v) is 5.87. The van der Waals surface area contributed by atoms with Crippen molar-refractivity contribution in [2.24, 2.45) is 0 Å². The van der Waals surface area contributed by atoms with Gasteiger partial charge >= 0.3 is 0 Å². The number of rotatable bonds is 5. The molecule has 0 radical (unpaired) electrons. The second-order valence-electron chi connectivity index (χ2n) is 4.45. The number of nitrogens with one attached hydrogen (secondary N) is 1. The van der Waals surface area contributed by atoms with Gasteiger partial charge in [0, 0.05) is 30.8 Å². The van der Waals surface area contributed by atoms with Gasteiger partial charge in [0.2, 0.25) is 0 Å². The molecule has 0 saturated carbocycles. The fourth-order valence-electron chi connectivity index (χ4n) is 1.54. The van der Waals surface area contributed by atoms with Crippen molar-refractivity contribution in [3.8, 4) is 0 Å². The molecule has 4 nitrogen and oxygen atoms in total. The molecule has 0 spiro atoms. The quantitative estimate of drug-likeness (QED) is 0.823. The van der Waals surface area contributed by atoms with Crippen LogP contribution in [-0.2, 0) is 0 Å². The number of anilines is 2. The maximum absolute atomic E-state index is 10.9. The van der Waals surface area contributed by atoms with E-state index in [1.807, 2.05) is 44.5 Å². The van der Waals surface area contributed by atoms with Gasteiger partial charge in [0.25, 0.3) is 0 Å². The van der Waals surface area contributed by atoms with Crippen molar-refractivity contribution in [3.05, 3.63) is 27.9 Å². The molecule has 1 aromatic rings. The number of halogens is 1. The van der Waals surface area contributed by atoms with Crippen molar-refractivity contribution in [1.82, 2.24) is 4.90 Å². The molecular formula is C12H19ClN3O-. The predicted octanol–water partition coefficient (Wildman–Crippen LogP) is 2.56. The lowest BCUT2D eigenvalue weighted by Crippen LogP contribution is -2.28. The van der Waals surface area contributed by atoms with Crippen LogP contribution in [-0.4, -0.2) is 39.1 Å². The molecule has 1 aromatic carbocycles. The SMILES string of the molecule is Cc1cc(N[O-])c(N(C)CCN(C)C)cc1Cl. The van der Waals surface area contributed by atoms with Crippen LogP contribution in [0.5, 0.6) is 0 Å². The van der Waals surface area contributed by atoms with Gasteiger partial charge < -0.3 is 20.5 Å². The van der Waals surface area contributed by atoms with Gasteiger partial charge in [0.05, 0.1) is 5.69 Å². The van der Waals surface area contributed by atoms with E-state index in [0.717, 1.165) is 24.3 Å². The number of hydrogen-bond donors (Lipinski definition) is 1. The summed E-state index contributed by atoms with van der Waals surface area (Å²) in [5.74, 6) is 0. The number of benzene rings is 1. The van der Waals surface area contributed by atoms with Gasteiger partial charge in [-0.05, 0) is 38.7 Å². The Kier molecular flexibility index (Phi) is 5.05. The zero-order valence-corrected chi connectivity index (χ0v) is 11.5. The molecule has 5 heteroatoms. The molecule has 0 aliphatic heterocycles. The molecule has 0 aliphatic carbocycles. The van der Waals surface area contributed by atoms with Gasteiger partial charge in [0.1, 0.15) is 0 Å². The molecule has 1 rings (SSSR count). The van der Waals surface area contributed by atoms with E-state index < -0.39 is 0 Å². The summed E-state index contributed by atoms with van der Waals surface area (Å²) in [4.78, 5) is 4.11. The lowest BCUT2D eigenvalue weighted by atomic mass is 10.2. The smallest absolute Gasteiger partial charge is 0.0607 e. The van der Waals surface area contributed by atoms with Crippen LogP contribution in [0.1, 0.15) is 5.56 Å². The standard InChI is InChI=1S/C12H19ClN3O/c1-9-7-11(14-17)12(8-10(9)13)16(4)6-5-15(2)3/h7-8,14H,5-6H2,1-4H3/q-1. The summed E-state index contributed by atoms with van der Waals surface area (Å²) < 4.78 is 0. The molecule has 1 N–H and O–H groups in total. The first-order chi connectivity index (χ1) is 7.95. The third-order valence-corrected chi connectivity index (χ3v) is 3.09. The molecule has 0 bridgehead atoms. The summed E-state index contributed by atoms with van der Waals surface area (Å²) in [5, 5.41) is 11.6. The van der Waals surface area contributed by atoms with Crippen molar-refractivity contribution in [2.75, 3.05) is 44.6 Å². The van der Waals surface area contributed by atoms with Gasteiger partial charge in [-0.25, -0.2) is 0 Å². The van der Waals surface area contributed by atoms with Gasteiger partial charge in [0.15, 0.2) is 0 Å². The van der Waals surface area contributed by atoms with E-state index in [9.17, 15) is 5.21 Å². The first-order valence-electron chi connectivity index (χ1n) is 5.50. The molecule has 0 unspecified atom stereocenters. The normalized spacial score (nSPS) is 10.8. The van der Waals surface area contributed by atoms with Crippen LogP contribution < -0.4 is 10.4 Å². The van der Waals surface area contributed by atoms with Gasteiger partial charge in [-0.2, -0.15) is 0 Å². The molecule has 17 heavy (non-hydrogen) atoms. The molecule has 0 fully saturated rings. The van der Waals surface area contributed by atoms with Crippen LogP contribution in [0.15, 0.2) is 12.1 Å². The minimum atomic E-state index is 0.563. The van der Waals surface area contributed by atoms with Crippen LogP contribution in [0.2, 0.25) is 5.02 Å². The molecule has 0 heterocycles. The van der Waals surface area contributed by atoms with Crippen molar-refractivity contribution in [3.63, 3.8) is 0 Å². The van der Waals surface area contributed by atoms with E-state index in [0.29, 0.717) is 10.7 Å². The molecule has 0 amide bonds. The largest absolute Gasteiger partial charge is 0.761 e. The third-order valence-electron chi connectivity index (χ3n) is 2.68. The summed E-state index contributed by atoms with van der Waals surface area (Å²) in [6.45, 7) is 3.63. The minimum Gasteiger partial charge on any atom is -0.761 e. The van der Waals surface area contributed by atoms with Crippen molar-refractivity contribution in [2.45, 2.75) is 6.92 Å². The minimum absolute atomic E-state index is 0.563. The van der Waals surface area contributed by atoms with Crippen molar-refractivity contribution < 1.29 is 0 Å². The van der Waals surface area contributed by atoms with E-state index in [4.69, 9.17) is 11.6 Å². The summed E-state index contributed by atoms with van der Waals surface area (Å²) in [5.41, 5.74) is 4.26. The average molecular weight is 257 g/mol. The maximum atomic E-state index is 10.9. The Labute approximate surface area is 108 Å². The molecular weight excluding hydrogens is 238 g/mol. The highest BCUT2D eigenvalue weighted by atomic mass is 35.5. The summed E-state index contributed by atoms with van der Waals surface area (Å²) in [6.07, 6.45) is 0. The molecule has 0 aliphatic rings. The van der Waals surface area contributed by atoms with Crippen LogP contribution >= 0.6 is 11.6 Å². The summed E-state index contributed by atoms with van der Waals surface area (Å²) >= 11 is 6.08. The fraction of sp³-hybridized carbons (Fsp3) is 0.500. The first kappa shape index (κ1) is 14.1. The Hall–Kier alpha value is -0.970. The Morgan fingerprint density at radius 1 is 1.24 bits per heavy atom. The van der Waals surface area contributed by atoms with E-state index in [1.54, 1.807) is 6.07 Å². The fourth-order valence-corrected chi connectivity index (χ4v) is 1.70. The van der Waals surface area contributed by atoms with Gasteiger partial charge in [-0.3, -0.25) is 0 Å². The maximum Gasteiger partial charge on any atom is 0.0607 e. The van der Waals surface area contributed by atoms with E-state index in [2.05, 4.69) is 4.90 Å². The molecule has 0 atom stereocenters. The Morgan fingerprint density at radius 3 is 2.41 bits per heavy atom. The topological polar surface area (TPSA) is 41.6 Å². The third kappa shape index (κ3) is 3.77. The van der Waals surface area contributed by atoms with Crippen molar-refractivity contribution >= 4 is 23.0 Å².